The van der Waals surface area contributed by atoms with Crippen molar-refractivity contribution in [3.63, 3.8) is 0 Å². The average molecular weight is 251 g/mol. The lowest BCUT2D eigenvalue weighted by molar-refractivity contribution is -0.124. The first-order chi connectivity index (χ1) is 9.36. The van der Waals surface area contributed by atoms with Gasteiger partial charge in [0.1, 0.15) is 0 Å². The number of nitrogens with one attached hydrogen (secondary N) is 1. The molecule has 0 radical (unpaired) electrons. The van der Waals surface area contributed by atoms with Gasteiger partial charge in [0.2, 0.25) is 5.91 Å². The molecule has 1 heterocycles. The van der Waals surface area contributed by atoms with Crippen molar-refractivity contribution < 1.29 is 4.79 Å². The smallest absolute Gasteiger partial charge is 0.228 e. The molecular formula is C17H17NO. The topological polar surface area (TPSA) is 29.1 Å². The van der Waals surface area contributed by atoms with Gasteiger partial charge >= 0.3 is 0 Å². The molecule has 0 saturated carbocycles. The Kier molecular flexibility index (Phi) is 3.32. The highest BCUT2D eigenvalue weighted by molar-refractivity contribution is 5.85. The van der Waals surface area contributed by atoms with Crippen LogP contribution in [-0.2, 0) is 4.79 Å². The van der Waals surface area contributed by atoms with Gasteiger partial charge in [0.05, 0.1) is 5.92 Å². The van der Waals surface area contributed by atoms with Crippen LogP contribution in [0, 0.1) is 0 Å². The summed E-state index contributed by atoms with van der Waals surface area (Å²) in [5, 5.41) is 2.99. The predicted octanol–water partition coefficient (Wildman–Crippen LogP) is 3.07. The van der Waals surface area contributed by atoms with E-state index < -0.39 is 0 Å². The fourth-order valence-corrected chi connectivity index (χ4v) is 2.91. The minimum atomic E-state index is -0.0719. The third kappa shape index (κ3) is 2.39. The van der Waals surface area contributed by atoms with Crippen LogP contribution in [0.25, 0.3) is 0 Å². The first-order valence-electron chi connectivity index (χ1n) is 6.74. The first kappa shape index (κ1) is 12.0. The van der Waals surface area contributed by atoms with Gasteiger partial charge in [-0.25, -0.2) is 0 Å². The molecule has 2 aromatic rings. The molecule has 1 fully saturated rings. The molecule has 2 heteroatoms. The Morgan fingerprint density at radius 2 is 1.42 bits per heavy atom. The molecule has 1 aliphatic heterocycles. The van der Waals surface area contributed by atoms with Crippen LogP contribution in [0.4, 0.5) is 0 Å². The highest BCUT2D eigenvalue weighted by Crippen LogP contribution is 2.37. The normalized spacial score (nSPS) is 22.8. The van der Waals surface area contributed by atoms with Crippen molar-refractivity contribution >= 4 is 5.91 Å². The quantitative estimate of drug-likeness (QED) is 0.873. The van der Waals surface area contributed by atoms with E-state index in [0.29, 0.717) is 0 Å². The van der Waals surface area contributed by atoms with Crippen molar-refractivity contribution in [1.29, 1.82) is 0 Å². The maximum atomic E-state index is 12.3. The number of benzene rings is 2. The maximum Gasteiger partial charge on any atom is 0.228 e. The van der Waals surface area contributed by atoms with Crippen LogP contribution in [0.5, 0.6) is 0 Å². The molecule has 3 rings (SSSR count). The second-order valence-corrected chi connectivity index (χ2v) is 4.99. The standard InChI is InChI=1S/C17H17NO/c19-17-16(14-9-5-2-6-10-14)15(11-12-18-17)13-7-3-1-4-8-13/h1-10,15-16H,11-12H2,(H,18,19). The average Bonchev–Trinajstić information content (AvgIpc) is 2.49. The zero-order chi connectivity index (χ0) is 13.1. The third-order valence-corrected chi connectivity index (χ3v) is 3.83. The number of piperidine rings is 1. The summed E-state index contributed by atoms with van der Waals surface area (Å²) in [5.74, 6) is 0.348. The summed E-state index contributed by atoms with van der Waals surface area (Å²) in [6.45, 7) is 0.766. The van der Waals surface area contributed by atoms with Gasteiger partial charge < -0.3 is 5.32 Å². The largest absolute Gasteiger partial charge is 0.356 e. The minimum absolute atomic E-state index is 0.0719. The summed E-state index contributed by atoms with van der Waals surface area (Å²) in [5.41, 5.74) is 2.36. The van der Waals surface area contributed by atoms with E-state index in [2.05, 4.69) is 17.4 Å². The fourth-order valence-electron chi connectivity index (χ4n) is 2.91. The second kappa shape index (κ2) is 5.27. The van der Waals surface area contributed by atoms with Crippen LogP contribution in [0.1, 0.15) is 29.4 Å². The molecule has 96 valence electrons. The van der Waals surface area contributed by atoms with Gasteiger partial charge in [-0.3, -0.25) is 4.79 Å². The van der Waals surface area contributed by atoms with E-state index in [4.69, 9.17) is 0 Å². The Morgan fingerprint density at radius 1 is 0.842 bits per heavy atom. The van der Waals surface area contributed by atoms with Crippen molar-refractivity contribution in [3.05, 3.63) is 71.8 Å². The number of carbonyl (C=O) groups excluding carboxylic acids is 1. The monoisotopic (exact) mass is 251 g/mol. The van der Waals surface area contributed by atoms with Gasteiger partial charge in [-0.05, 0) is 17.5 Å². The molecule has 0 spiro atoms. The lowest BCUT2D eigenvalue weighted by Crippen LogP contribution is -2.39. The molecule has 0 bridgehead atoms. The van der Waals surface area contributed by atoms with Crippen LogP contribution in [0.3, 0.4) is 0 Å². The van der Waals surface area contributed by atoms with Crippen molar-refractivity contribution in [3.8, 4) is 0 Å². The molecule has 1 N–H and O–H groups in total. The van der Waals surface area contributed by atoms with Crippen LogP contribution in [0.15, 0.2) is 60.7 Å². The van der Waals surface area contributed by atoms with Crippen molar-refractivity contribution in [2.24, 2.45) is 0 Å². The molecule has 2 unspecified atom stereocenters. The van der Waals surface area contributed by atoms with Crippen molar-refractivity contribution in [1.82, 2.24) is 5.32 Å². The van der Waals surface area contributed by atoms with Crippen molar-refractivity contribution in [2.75, 3.05) is 6.54 Å². The Labute approximate surface area is 113 Å². The minimum Gasteiger partial charge on any atom is -0.356 e. The number of rotatable bonds is 2. The van der Waals surface area contributed by atoms with E-state index in [0.717, 1.165) is 18.5 Å². The molecule has 0 aromatic heterocycles. The van der Waals surface area contributed by atoms with Gasteiger partial charge in [-0.15, -0.1) is 0 Å². The predicted molar refractivity (Wildman–Crippen MR) is 76.0 cm³/mol. The van der Waals surface area contributed by atoms with E-state index in [9.17, 15) is 4.79 Å². The molecule has 1 saturated heterocycles. The van der Waals surface area contributed by atoms with E-state index in [1.165, 1.54) is 5.56 Å². The summed E-state index contributed by atoms with van der Waals surface area (Å²) < 4.78 is 0. The number of carbonyl (C=O) groups is 1. The fraction of sp³-hybridized carbons (Fsp3) is 0.235. The number of hydrogen-bond acceptors (Lipinski definition) is 1. The van der Waals surface area contributed by atoms with E-state index in [-0.39, 0.29) is 17.7 Å². The highest BCUT2D eigenvalue weighted by Gasteiger charge is 2.33. The Balaban J connectivity index is 1.99. The summed E-state index contributed by atoms with van der Waals surface area (Å²) in [6, 6.07) is 20.4. The first-order valence-corrected chi connectivity index (χ1v) is 6.74. The number of hydrogen-bond donors (Lipinski definition) is 1. The molecule has 0 aliphatic carbocycles. The van der Waals surface area contributed by atoms with Crippen LogP contribution < -0.4 is 5.32 Å². The molecular weight excluding hydrogens is 234 g/mol. The SMILES string of the molecule is O=C1NCCC(c2ccccc2)C1c1ccccc1. The molecule has 2 nitrogen and oxygen atoms in total. The van der Waals surface area contributed by atoms with E-state index >= 15 is 0 Å². The van der Waals surface area contributed by atoms with Gasteiger partial charge in [0, 0.05) is 12.5 Å². The molecule has 19 heavy (non-hydrogen) atoms. The van der Waals surface area contributed by atoms with E-state index in [1.807, 2.05) is 48.5 Å². The van der Waals surface area contributed by atoms with Crippen molar-refractivity contribution in [2.45, 2.75) is 18.3 Å². The molecule has 2 aromatic carbocycles. The zero-order valence-corrected chi connectivity index (χ0v) is 10.8. The zero-order valence-electron chi connectivity index (χ0n) is 10.8. The summed E-state index contributed by atoms with van der Waals surface area (Å²) in [4.78, 5) is 12.3. The van der Waals surface area contributed by atoms with E-state index in [1.54, 1.807) is 0 Å². The molecule has 2 atom stereocenters. The molecule has 1 amide bonds. The second-order valence-electron chi connectivity index (χ2n) is 4.99. The summed E-state index contributed by atoms with van der Waals surface area (Å²) in [6.07, 6.45) is 0.995. The Morgan fingerprint density at radius 3 is 2.05 bits per heavy atom. The Hall–Kier alpha value is -2.09. The summed E-state index contributed by atoms with van der Waals surface area (Å²) >= 11 is 0. The maximum absolute atomic E-state index is 12.3. The molecule has 1 aliphatic rings. The lowest BCUT2D eigenvalue weighted by atomic mass is 9.77. The van der Waals surface area contributed by atoms with Crippen LogP contribution in [0.2, 0.25) is 0 Å². The van der Waals surface area contributed by atoms with Gasteiger partial charge in [0.25, 0.3) is 0 Å². The lowest BCUT2D eigenvalue weighted by Gasteiger charge is -2.31. The Bertz CT molecular complexity index is 550. The van der Waals surface area contributed by atoms with Gasteiger partial charge in [-0.1, -0.05) is 60.7 Å². The van der Waals surface area contributed by atoms with Gasteiger partial charge in [0.15, 0.2) is 0 Å². The summed E-state index contributed by atoms with van der Waals surface area (Å²) in [7, 11) is 0. The van der Waals surface area contributed by atoms with Crippen LogP contribution in [-0.4, -0.2) is 12.5 Å². The highest BCUT2D eigenvalue weighted by atomic mass is 16.1. The number of amides is 1. The third-order valence-electron chi connectivity index (χ3n) is 3.83. The van der Waals surface area contributed by atoms with Gasteiger partial charge in [-0.2, -0.15) is 0 Å². The van der Waals surface area contributed by atoms with Crippen LogP contribution >= 0.6 is 0 Å².